The first kappa shape index (κ1) is 16.9. The normalized spacial score (nSPS) is 10.7. The van der Waals surface area contributed by atoms with E-state index in [-0.39, 0.29) is 0 Å². The summed E-state index contributed by atoms with van der Waals surface area (Å²) >= 11 is 7.04. The fourth-order valence-corrected chi connectivity index (χ4v) is 3.01. The van der Waals surface area contributed by atoms with Crippen molar-refractivity contribution in [3.8, 4) is 5.75 Å². The SMILES string of the molecule is CNCc1cc(Br)c(OCCOCCOC)c(Br)c1. The van der Waals surface area contributed by atoms with Gasteiger partial charge in [-0.3, -0.25) is 0 Å². The van der Waals surface area contributed by atoms with E-state index in [1.54, 1.807) is 7.11 Å². The second kappa shape index (κ2) is 9.72. The zero-order valence-electron chi connectivity index (χ0n) is 11.2. The number of nitrogens with one attached hydrogen (secondary N) is 1. The molecule has 0 radical (unpaired) electrons. The molecule has 4 nitrogen and oxygen atoms in total. The molecule has 0 saturated carbocycles. The van der Waals surface area contributed by atoms with Crippen molar-refractivity contribution in [2.75, 3.05) is 40.6 Å². The summed E-state index contributed by atoms with van der Waals surface area (Å²) in [6, 6.07) is 4.09. The van der Waals surface area contributed by atoms with Crippen molar-refractivity contribution < 1.29 is 14.2 Å². The van der Waals surface area contributed by atoms with E-state index < -0.39 is 0 Å². The molecule has 0 fully saturated rings. The predicted octanol–water partition coefficient (Wildman–Crippen LogP) is 2.97. The summed E-state index contributed by atoms with van der Waals surface area (Å²) in [6.07, 6.45) is 0. The van der Waals surface area contributed by atoms with Crippen LogP contribution >= 0.6 is 31.9 Å². The summed E-state index contributed by atoms with van der Waals surface area (Å²) in [6.45, 7) is 3.06. The van der Waals surface area contributed by atoms with Crippen LogP contribution in [0.5, 0.6) is 5.75 Å². The molecule has 1 aromatic rings. The molecule has 19 heavy (non-hydrogen) atoms. The summed E-state index contributed by atoms with van der Waals surface area (Å²) < 4.78 is 17.8. The Morgan fingerprint density at radius 2 is 1.68 bits per heavy atom. The molecule has 0 spiro atoms. The lowest BCUT2D eigenvalue weighted by Crippen LogP contribution is -2.11. The van der Waals surface area contributed by atoms with Crippen LogP contribution in [0.4, 0.5) is 0 Å². The van der Waals surface area contributed by atoms with Gasteiger partial charge in [-0.15, -0.1) is 0 Å². The monoisotopic (exact) mass is 395 g/mol. The molecule has 0 amide bonds. The smallest absolute Gasteiger partial charge is 0.147 e. The average molecular weight is 397 g/mol. The van der Waals surface area contributed by atoms with Crippen LogP contribution < -0.4 is 10.1 Å². The molecule has 108 valence electrons. The lowest BCUT2D eigenvalue weighted by atomic mass is 10.2. The van der Waals surface area contributed by atoms with E-state index in [9.17, 15) is 0 Å². The summed E-state index contributed by atoms with van der Waals surface area (Å²) in [5, 5.41) is 3.12. The minimum absolute atomic E-state index is 0.506. The third-order valence-corrected chi connectivity index (χ3v) is 3.52. The number of rotatable bonds is 9. The van der Waals surface area contributed by atoms with Crippen molar-refractivity contribution in [3.63, 3.8) is 0 Å². The topological polar surface area (TPSA) is 39.7 Å². The number of benzene rings is 1. The van der Waals surface area contributed by atoms with Crippen LogP contribution in [0.15, 0.2) is 21.1 Å². The van der Waals surface area contributed by atoms with Crippen LogP contribution in [-0.2, 0) is 16.0 Å². The highest BCUT2D eigenvalue weighted by molar-refractivity contribution is 9.11. The maximum absolute atomic E-state index is 5.70. The fraction of sp³-hybridized carbons (Fsp3) is 0.538. The molecule has 0 heterocycles. The van der Waals surface area contributed by atoms with Crippen molar-refractivity contribution in [1.29, 1.82) is 0 Å². The van der Waals surface area contributed by atoms with Gasteiger partial charge in [-0.1, -0.05) is 0 Å². The Morgan fingerprint density at radius 3 is 2.26 bits per heavy atom. The average Bonchev–Trinajstić information content (AvgIpc) is 2.36. The van der Waals surface area contributed by atoms with Gasteiger partial charge in [-0.2, -0.15) is 0 Å². The van der Waals surface area contributed by atoms with Crippen molar-refractivity contribution in [2.45, 2.75) is 6.54 Å². The van der Waals surface area contributed by atoms with E-state index in [0.29, 0.717) is 26.4 Å². The van der Waals surface area contributed by atoms with Gasteiger partial charge in [0.1, 0.15) is 12.4 Å². The molecule has 0 aliphatic heterocycles. The van der Waals surface area contributed by atoms with Gasteiger partial charge < -0.3 is 19.5 Å². The van der Waals surface area contributed by atoms with Gasteiger partial charge in [0.15, 0.2) is 0 Å². The van der Waals surface area contributed by atoms with Crippen LogP contribution in [0.3, 0.4) is 0 Å². The maximum Gasteiger partial charge on any atom is 0.147 e. The van der Waals surface area contributed by atoms with Crippen molar-refractivity contribution in [2.24, 2.45) is 0 Å². The molecule has 1 N–H and O–H groups in total. The minimum atomic E-state index is 0.506. The van der Waals surface area contributed by atoms with Crippen LogP contribution in [-0.4, -0.2) is 40.6 Å². The van der Waals surface area contributed by atoms with E-state index in [1.165, 1.54) is 5.56 Å². The zero-order valence-corrected chi connectivity index (χ0v) is 14.3. The van der Waals surface area contributed by atoms with Crippen molar-refractivity contribution in [3.05, 3.63) is 26.6 Å². The Kier molecular flexibility index (Phi) is 8.65. The quantitative estimate of drug-likeness (QED) is 0.651. The molecule has 0 unspecified atom stereocenters. The first-order chi connectivity index (χ1) is 9.19. The van der Waals surface area contributed by atoms with Crippen LogP contribution in [0.1, 0.15) is 5.56 Å². The van der Waals surface area contributed by atoms with E-state index >= 15 is 0 Å². The molecule has 0 bridgehead atoms. The summed E-state index contributed by atoms with van der Waals surface area (Å²) in [7, 11) is 3.57. The third kappa shape index (κ3) is 6.23. The molecule has 1 rings (SSSR count). The Hall–Kier alpha value is -0.140. The second-order valence-corrected chi connectivity index (χ2v) is 5.58. The van der Waals surface area contributed by atoms with Gasteiger partial charge in [0.25, 0.3) is 0 Å². The summed E-state index contributed by atoms with van der Waals surface area (Å²) in [4.78, 5) is 0. The predicted molar refractivity (Wildman–Crippen MR) is 82.8 cm³/mol. The number of hydrogen-bond acceptors (Lipinski definition) is 4. The van der Waals surface area contributed by atoms with Gasteiger partial charge in [0.2, 0.25) is 0 Å². The van der Waals surface area contributed by atoms with Gasteiger partial charge in [-0.25, -0.2) is 0 Å². The number of hydrogen-bond donors (Lipinski definition) is 1. The Morgan fingerprint density at radius 1 is 1.05 bits per heavy atom. The molecule has 0 aliphatic carbocycles. The molecule has 0 atom stereocenters. The van der Waals surface area contributed by atoms with E-state index in [2.05, 4.69) is 37.2 Å². The molecule has 6 heteroatoms. The lowest BCUT2D eigenvalue weighted by molar-refractivity contribution is 0.0542. The fourth-order valence-electron chi connectivity index (χ4n) is 1.50. The van der Waals surface area contributed by atoms with Gasteiger partial charge in [0.05, 0.1) is 28.8 Å². The Bertz CT molecular complexity index is 365. The first-order valence-corrected chi connectivity index (χ1v) is 7.59. The van der Waals surface area contributed by atoms with Crippen LogP contribution in [0.2, 0.25) is 0 Å². The van der Waals surface area contributed by atoms with E-state index in [1.807, 2.05) is 19.2 Å². The van der Waals surface area contributed by atoms with Crippen LogP contribution in [0, 0.1) is 0 Å². The number of halogens is 2. The van der Waals surface area contributed by atoms with E-state index in [0.717, 1.165) is 21.2 Å². The van der Waals surface area contributed by atoms with Crippen LogP contribution in [0.25, 0.3) is 0 Å². The Labute approximate surface area is 131 Å². The molecule has 1 aromatic carbocycles. The van der Waals surface area contributed by atoms with Crippen molar-refractivity contribution >= 4 is 31.9 Å². The third-order valence-electron chi connectivity index (χ3n) is 2.34. The molecule has 0 saturated heterocycles. The second-order valence-electron chi connectivity index (χ2n) is 3.87. The lowest BCUT2D eigenvalue weighted by Gasteiger charge is -2.12. The van der Waals surface area contributed by atoms with Crippen molar-refractivity contribution in [1.82, 2.24) is 5.32 Å². The van der Waals surface area contributed by atoms with Gasteiger partial charge in [0, 0.05) is 13.7 Å². The minimum Gasteiger partial charge on any atom is -0.489 e. The number of ether oxygens (including phenoxy) is 3. The first-order valence-electron chi connectivity index (χ1n) is 6.01. The zero-order chi connectivity index (χ0) is 14.1. The highest BCUT2D eigenvalue weighted by atomic mass is 79.9. The standard InChI is InChI=1S/C13H19Br2NO3/c1-16-9-10-7-11(14)13(12(15)8-10)19-6-5-18-4-3-17-2/h7-8,16H,3-6,9H2,1-2H3. The molecular weight excluding hydrogens is 378 g/mol. The molecule has 0 aromatic heterocycles. The highest BCUT2D eigenvalue weighted by Crippen LogP contribution is 2.34. The molecule has 0 aliphatic rings. The Balaban J connectivity index is 2.45. The van der Waals surface area contributed by atoms with Gasteiger partial charge in [-0.05, 0) is 56.6 Å². The summed E-state index contributed by atoms with van der Waals surface area (Å²) in [5.41, 5.74) is 1.19. The maximum atomic E-state index is 5.70. The largest absolute Gasteiger partial charge is 0.489 e. The molecular formula is C13H19Br2NO3. The highest BCUT2D eigenvalue weighted by Gasteiger charge is 2.08. The van der Waals surface area contributed by atoms with E-state index in [4.69, 9.17) is 14.2 Å². The van der Waals surface area contributed by atoms with Gasteiger partial charge >= 0.3 is 0 Å². The number of methoxy groups -OCH3 is 1. The summed E-state index contributed by atoms with van der Waals surface area (Å²) in [5.74, 6) is 0.801.